The van der Waals surface area contributed by atoms with Gasteiger partial charge in [-0.1, -0.05) is 11.6 Å². The van der Waals surface area contributed by atoms with Crippen LogP contribution in [0.3, 0.4) is 0 Å². The van der Waals surface area contributed by atoms with Crippen molar-refractivity contribution in [1.82, 2.24) is 24.9 Å². The fourth-order valence-electron chi connectivity index (χ4n) is 2.51. The Labute approximate surface area is 135 Å². The van der Waals surface area contributed by atoms with E-state index in [2.05, 4.69) is 15.5 Å². The number of nitrogens with one attached hydrogen (secondary N) is 1. The zero-order valence-electron chi connectivity index (χ0n) is 13.7. The van der Waals surface area contributed by atoms with Crippen molar-refractivity contribution in [3.8, 4) is 0 Å². The number of halogens is 1. The quantitative estimate of drug-likeness (QED) is 0.859. The molecule has 0 bridgehead atoms. The minimum atomic E-state index is -0.0745. The van der Waals surface area contributed by atoms with Crippen LogP contribution in [0.15, 0.2) is 0 Å². The molecule has 0 saturated carbocycles. The summed E-state index contributed by atoms with van der Waals surface area (Å²) in [7, 11) is 1.84. The van der Waals surface area contributed by atoms with E-state index in [1.54, 1.807) is 4.68 Å². The third-order valence-electron chi connectivity index (χ3n) is 3.86. The van der Waals surface area contributed by atoms with Gasteiger partial charge < -0.3 is 5.32 Å². The van der Waals surface area contributed by atoms with Crippen LogP contribution in [0.25, 0.3) is 0 Å². The number of amides is 1. The summed E-state index contributed by atoms with van der Waals surface area (Å²) in [4.78, 5) is 12.2. The largest absolute Gasteiger partial charge is 0.352 e. The molecule has 2 heterocycles. The second-order valence-electron chi connectivity index (χ2n) is 5.49. The molecule has 0 unspecified atom stereocenters. The van der Waals surface area contributed by atoms with Gasteiger partial charge in [-0.25, -0.2) is 0 Å². The average molecular weight is 324 g/mol. The minimum absolute atomic E-state index is 0.0745. The maximum Gasteiger partial charge on any atom is 0.255 e. The van der Waals surface area contributed by atoms with Gasteiger partial charge in [-0.3, -0.25) is 14.2 Å². The first-order chi connectivity index (χ1) is 10.3. The molecule has 0 aliphatic carbocycles. The average Bonchev–Trinajstić information content (AvgIpc) is 2.85. The molecule has 22 heavy (non-hydrogen) atoms. The molecule has 0 spiro atoms. The van der Waals surface area contributed by atoms with Gasteiger partial charge in [-0.05, 0) is 34.1 Å². The number of rotatable bonds is 5. The lowest BCUT2D eigenvalue weighted by atomic mass is 10.2. The Morgan fingerprint density at radius 3 is 2.32 bits per heavy atom. The number of carbonyl (C=O) groups is 1. The Morgan fingerprint density at radius 1 is 1.14 bits per heavy atom. The van der Waals surface area contributed by atoms with Crippen molar-refractivity contribution in [2.24, 2.45) is 7.05 Å². The van der Waals surface area contributed by atoms with Gasteiger partial charge in [0, 0.05) is 25.8 Å². The topological polar surface area (TPSA) is 64.7 Å². The lowest BCUT2D eigenvalue weighted by molar-refractivity contribution is 0.0951. The summed E-state index contributed by atoms with van der Waals surface area (Å²) in [5, 5.41) is 12.3. The summed E-state index contributed by atoms with van der Waals surface area (Å²) in [5.74, 6) is -0.0745. The van der Waals surface area contributed by atoms with Crippen LogP contribution in [0.4, 0.5) is 0 Å². The highest BCUT2D eigenvalue weighted by Gasteiger charge is 2.16. The normalized spacial score (nSPS) is 11.0. The van der Waals surface area contributed by atoms with Crippen LogP contribution in [0, 0.1) is 27.7 Å². The molecule has 0 atom stereocenters. The molecule has 2 aromatic heterocycles. The zero-order chi connectivity index (χ0) is 16.4. The third-order valence-corrected chi connectivity index (χ3v) is 4.41. The highest BCUT2D eigenvalue weighted by Crippen LogP contribution is 2.18. The molecule has 120 valence electrons. The smallest absolute Gasteiger partial charge is 0.255 e. The summed E-state index contributed by atoms with van der Waals surface area (Å²) in [6, 6.07) is 0. The first-order valence-electron chi connectivity index (χ1n) is 7.30. The van der Waals surface area contributed by atoms with Crippen molar-refractivity contribution in [3.05, 3.63) is 33.4 Å². The van der Waals surface area contributed by atoms with Gasteiger partial charge in [-0.2, -0.15) is 10.2 Å². The number of nitrogens with zero attached hydrogens (tertiary/aromatic N) is 4. The first kappa shape index (κ1) is 16.5. The molecular weight excluding hydrogens is 302 g/mol. The summed E-state index contributed by atoms with van der Waals surface area (Å²) in [6.45, 7) is 8.89. The minimum Gasteiger partial charge on any atom is -0.352 e. The van der Waals surface area contributed by atoms with Gasteiger partial charge in [0.2, 0.25) is 0 Å². The first-order valence-corrected chi connectivity index (χ1v) is 7.68. The van der Waals surface area contributed by atoms with E-state index >= 15 is 0 Å². The Bertz CT molecular complexity index is 701. The molecular formula is C15H22ClN5O. The second-order valence-corrected chi connectivity index (χ2v) is 5.86. The van der Waals surface area contributed by atoms with Gasteiger partial charge in [0.1, 0.15) is 0 Å². The van der Waals surface area contributed by atoms with E-state index in [0.717, 1.165) is 35.7 Å². The molecule has 0 saturated heterocycles. The van der Waals surface area contributed by atoms with E-state index in [-0.39, 0.29) is 5.91 Å². The molecule has 2 rings (SSSR count). The second kappa shape index (κ2) is 6.52. The number of hydrogen-bond acceptors (Lipinski definition) is 3. The molecule has 0 aliphatic rings. The van der Waals surface area contributed by atoms with E-state index in [1.807, 2.05) is 39.4 Å². The van der Waals surface area contributed by atoms with E-state index in [0.29, 0.717) is 17.1 Å². The fourth-order valence-corrected chi connectivity index (χ4v) is 2.65. The zero-order valence-corrected chi connectivity index (χ0v) is 14.5. The van der Waals surface area contributed by atoms with Crippen molar-refractivity contribution in [1.29, 1.82) is 0 Å². The molecule has 1 N–H and O–H groups in total. The van der Waals surface area contributed by atoms with E-state index in [1.165, 1.54) is 0 Å². The van der Waals surface area contributed by atoms with Crippen LogP contribution in [0.5, 0.6) is 0 Å². The molecule has 0 aromatic carbocycles. The van der Waals surface area contributed by atoms with E-state index in [9.17, 15) is 4.79 Å². The van der Waals surface area contributed by atoms with Gasteiger partial charge in [0.15, 0.2) is 0 Å². The van der Waals surface area contributed by atoms with Crippen molar-refractivity contribution in [2.45, 2.75) is 40.7 Å². The Morgan fingerprint density at radius 2 is 1.82 bits per heavy atom. The summed E-state index contributed by atoms with van der Waals surface area (Å²) in [5.41, 5.74) is 4.09. The van der Waals surface area contributed by atoms with Crippen LogP contribution in [0.1, 0.15) is 39.6 Å². The van der Waals surface area contributed by atoms with Crippen LogP contribution >= 0.6 is 11.6 Å². The standard InChI is InChI=1S/C15H22ClN5O/c1-9-13(11(3)20(5)18-9)15(22)17-7-6-8-21-12(4)14(16)10(2)19-21/h6-8H2,1-5H3,(H,17,22). The predicted octanol–water partition coefficient (Wildman–Crippen LogP) is 2.32. The summed E-state index contributed by atoms with van der Waals surface area (Å²) < 4.78 is 3.60. The molecule has 2 aromatic rings. The monoisotopic (exact) mass is 323 g/mol. The molecule has 7 heteroatoms. The third kappa shape index (κ3) is 3.16. The number of aromatic nitrogens is 4. The molecule has 6 nitrogen and oxygen atoms in total. The highest BCUT2D eigenvalue weighted by molar-refractivity contribution is 6.31. The van der Waals surface area contributed by atoms with Crippen molar-refractivity contribution < 1.29 is 4.79 Å². The lowest BCUT2D eigenvalue weighted by Crippen LogP contribution is -2.26. The van der Waals surface area contributed by atoms with E-state index in [4.69, 9.17) is 11.6 Å². The lowest BCUT2D eigenvalue weighted by Gasteiger charge is -2.07. The van der Waals surface area contributed by atoms with Gasteiger partial charge in [-0.15, -0.1) is 0 Å². The number of carbonyl (C=O) groups excluding carboxylic acids is 1. The molecule has 0 aliphatic heterocycles. The van der Waals surface area contributed by atoms with Crippen LogP contribution in [-0.4, -0.2) is 32.0 Å². The highest BCUT2D eigenvalue weighted by atomic mass is 35.5. The number of hydrogen-bond donors (Lipinski definition) is 1. The van der Waals surface area contributed by atoms with Crippen LogP contribution in [-0.2, 0) is 13.6 Å². The van der Waals surface area contributed by atoms with Crippen molar-refractivity contribution >= 4 is 17.5 Å². The Kier molecular flexibility index (Phi) is 4.90. The predicted molar refractivity (Wildman–Crippen MR) is 86.3 cm³/mol. The summed E-state index contributed by atoms with van der Waals surface area (Å²) in [6.07, 6.45) is 0.794. The van der Waals surface area contributed by atoms with Crippen LogP contribution < -0.4 is 5.32 Å². The van der Waals surface area contributed by atoms with Gasteiger partial charge >= 0.3 is 0 Å². The van der Waals surface area contributed by atoms with Gasteiger partial charge in [0.05, 0.1) is 27.7 Å². The molecule has 0 radical (unpaired) electrons. The molecule has 1 amide bonds. The number of aryl methyl sites for hydroxylation is 4. The van der Waals surface area contributed by atoms with Gasteiger partial charge in [0.25, 0.3) is 5.91 Å². The van der Waals surface area contributed by atoms with Crippen molar-refractivity contribution in [3.63, 3.8) is 0 Å². The Hall–Kier alpha value is -1.82. The maximum absolute atomic E-state index is 12.2. The Balaban J connectivity index is 1.88. The maximum atomic E-state index is 12.2. The molecule has 0 fully saturated rings. The summed E-state index contributed by atoms with van der Waals surface area (Å²) >= 11 is 6.12. The van der Waals surface area contributed by atoms with Crippen molar-refractivity contribution in [2.75, 3.05) is 6.54 Å². The SMILES string of the molecule is Cc1nn(CCCNC(=O)c2c(C)nn(C)c2C)c(C)c1Cl. The van der Waals surface area contributed by atoms with Crippen LogP contribution in [0.2, 0.25) is 5.02 Å². The fraction of sp³-hybridized carbons (Fsp3) is 0.533. The van der Waals surface area contributed by atoms with E-state index < -0.39 is 0 Å².